The van der Waals surface area contributed by atoms with Gasteiger partial charge >= 0.3 is 29.6 Å². The van der Waals surface area contributed by atoms with Gasteiger partial charge in [-0.1, -0.05) is 30.3 Å². The number of carbonyl (C=O) groups is 2. The molecule has 108 valence electrons. The van der Waals surface area contributed by atoms with E-state index in [0.29, 0.717) is 11.1 Å². The van der Waals surface area contributed by atoms with E-state index in [4.69, 9.17) is 0 Å². The topological polar surface area (TPSA) is 91.3 Å². The van der Waals surface area contributed by atoms with Crippen molar-refractivity contribution in [3.63, 3.8) is 0 Å². The van der Waals surface area contributed by atoms with E-state index in [0.717, 1.165) is 0 Å². The van der Waals surface area contributed by atoms with Crippen LogP contribution in [0.3, 0.4) is 0 Å². The second kappa shape index (κ2) is 7.69. The molecule has 0 aliphatic heterocycles. The van der Waals surface area contributed by atoms with E-state index in [2.05, 4.69) is 0 Å². The summed E-state index contributed by atoms with van der Waals surface area (Å²) in [7, 11) is -3.94. The van der Waals surface area contributed by atoms with Gasteiger partial charge in [0.15, 0.2) is 15.6 Å². The SMILES string of the molecule is O=C([O-])CS(=O)(=O)c1ccc(C(=O)c2ccccc2)cc1.[Na+]. The van der Waals surface area contributed by atoms with E-state index in [1.54, 1.807) is 30.3 Å². The normalized spacial score (nSPS) is 10.5. The van der Waals surface area contributed by atoms with Crippen LogP contribution in [0.2, 0.25) is 0 Å². The van der Waals surface area contributed by atoms with Crippen molar-refractivity contribution in [2.45, 2.75) is 4.90 Å². The molecule has 2 rings (SSSR count). The summed E-state index contributed by atoms with van der Waals surface area (Å²) in [6.07, 6.45) is 0. The molecule has 7 heteroatoms. The van der Waals surface area contributed by atoms with Crippen molar-refractivity contribution in [2.24, 2.45) is 0 Å². The van der Waals surface area contributed by atoms with Gasteiger partial charge in [0.05, 0.1) is 16.6 Å². The Morgan fingerprint density at radius 3 is 1.86 bits per heavy atom. The first kappa shape index (κ1) is 18.6. The van der Waals surface area contributed by atoms with Gasteiger partial charge in [0.25, 0.3) is 0 Å². The number of hydrogen-bond acceptors (Lipinski definition) is 5. The predicted octanol–water partition coefficient (Wildman–Crippen LogP) is -2.55. The minimum Gasteiger partial charge on any atom is -0.549 e. The maximum Gasteiger partial charge on any atom is 1.00 e. The van der Waals surface area contributed by atoms with Crippen LogP contribution in [0.25, 0.3) is 0 Å². The number of ketones is 1. The number of hydrogen-bond donors (Lipinski definition) is 0. The van der Waals surface area contributed by atoms with Gasteiger partial charge < -0.3 is 9.90 Å². The molecule has 0 fully saturated rings. The van der Waals surface area contributed by atoms with E-state index < -0.39 is 21.6 Å². The summed E-state index contributed by atoms with van der Waals surface area (Å²) in [5, 5.41) is 10.4. The first-order valence-corrected chi connectivity index (χ1v) is 7.68. The van der Waals surface area contributed by atoms with Crippen molar-refractivity contribution in [2.75, 3.05) is 5.75 Å². The molecule has 2 aromatic carbocycles. The molecule has 0 bridgehead atoms. The van der Waals surface area contributed by atoms with Crippen molar-refractivity contribution in [1.82, 2.24) is 0 Å². The van der Waals surface area contributed by atoms with Gasteiger partial charge in [-0.3, -0.25) is 4.79 Å². The smallest absolute Gasteiger partial charge is 0.549 e. The van der Waals surface area contributed by atoms with Crippen LogP contribution in [0.4, 0.5) is 0 Å². The number of carboxylic acids is 1. The minimum atomic E-state index is -3.94. The molecular formula is C15H11NaO5S. The van der Waals surface area contributed by atoms with Gasteiger partial charge in [0.2, 0.25) is 0 Å². The summed E-state index contributed by atoms with van der Waals surface area (Å²) in [6.45, 7) is 0. The molecule has 0 unspecified atom stereocenters. The van der Waals surface area contributed by atoms with Crippen molar-refractivity contribution in [3.8, 4) is 0 Å². The number of benzene rings is 2. The largest absolute Gasteiger partial charge is 1.00 e. The third-order valence-electron chi connectivity index (χ3n) is 2.82. The molecule has 0 atom stereocenters. The first-order chi connectivity index (χ1) is 9.90. The van der Waals surface area contributed by atoms with Gasteiger partial charge in [0, 0.05) is 11.1 Å². The van der Waals surface area contributed by atoms with E-state index in [9.17, 15) is 23.1 Å². The van der Waals surface area contributed by atoms with Crippen LogP contribution in [-0.2, 0) is 14.6 Å². The summed E-state index contributed by atoms with van der Waals surface area (Å²) in [6, 6.07) is 13.7. The summed E-state index contributed by atoms with van der Waals surface area (Å²) in [5.41, 5.74) is 0.816. The zero-order valence-corrected chi connectivity index (χ0v) is 14.7. The summed E-state index contributed by atoms with van der Waals surface area (Å²) < 4.78 is 23.4. The van der Waals surface area contributed by atoms with E-state index in [1.165, 1.54) is 24.3 Å². The number of rotatable bonds is 5. The maximum absolute atomic E-state index is 12.1. The zero-order valence-electron chi connectivity index (χ0n) is 11.9. The first-order valence-electron chi connectivity index (χ1n) is 6.02. The Morgan fingerprint density at radius 2 is 1.36 bits per heavy atom. The van der Waals surface area contributed by atoms with Crippen molar-refractivity contribution in [3.05, 3.63) is 65.7 Å². The summed E-state index contributed by atoms with van der Waals surface area (Å²) in [5.74, 6) is -2.99. The van der Waals surface area contributed by atoms with Crippen LogP contribution in [0, 0.1) is 0 Å². The second-order valence-corrected chi connectivity index (χ2v) is 6.34. The molecule has 0 aliphatic rings. The molecule has 0 aliphatic carbocycles. The van der Waals surface area contributed by atoms with Crippen LogP contribution in [0.1, 0.15) is 15.9 Å². The average Bonchev–Trinajstić information content (AvgIpc) is 2.46. The Balaban J connectivity index is 0.00000242. The summed E-state index contributed by atoms with van der Waals surface area (Å²) in [4.78, 5) is 22.4. The minimum absolute atomic E-state index is 0. The Bertz CT molecular complexity index is 767. The molecule has 0 spiro atoms. The standard InChI is InChI=1S/C15H12O5S.Na/c16-14(17)10-21(19,20)13-8-6-12(7-9-13)15(18)11-4-2-1-3-5-11;/h1-9H,10H2,(H,16,17);/q;+1/p-1. The third-order valence-corrected chi connectivity index (χ3v) is 4.43. The van der Waals surface area contributed by atoms with Crippen molar-refractivity contribution >= 4 is 21.6 Å². The number of sulfone groups is 1. The van der Waals surface area contributed by atoms with Crippen LogP contribution in [-0.4, -0.2) is 25.9 Å². The Hall–Kier alpha value is -1.47. The number of carbonyl (C=O) groups excluding carboxylic acids is 2. The molecule has 0 amide bonds. The van der Waals surface area contributed by atoms with Gasteiger partial charge in [0.1, 0.15) is 0 Å². The molecule has 0 saturated carbocycles. The average molecular weight is 326 g/mol. The quantitative estimate of drug-likeness (QED) is 0.445. The zero-order chi connectivity index (χ0) is 15.5. The van der Waals surface area contributed by atoms with Crippen LogP contribution < -0.4 is 34.7 Å². The fourth-order valence-electron chi connectivity index (χ4n) is 1.81. The van der Waals surface area contributed by atoms with Gasteiger partial charge in [-0.15, -0.1) is 0 Å². The second-order valence-electron chi connectivity index (χ2n) is 4.35. The molecule has 0 heterocycles. The Labute approximate surface area is 150 Å². The molecule has 0 radical (unpaired) electrons. The molecule has 22 heavy (non-hydrogen) atoms. The number of aliphatic carboxylic acids is 1. The molecule has 5 nitrogen and oxygen atoms in total. The predicted molar refractivity (Wildman–Crippen MR) is 73.4 cm³/mol. The van der Waals surface area contributed by atoms with E-state index >= 15 is 0 Å². The van der Waals surface area contributed by atoms with Crippen LogP contribution >= 0.6 is 0 Å². The Kier molecular flexibility index (Phi) is 6.49. The fraction of sp³-hybridized carbons (Fsp3) is 0.0667. The van der Waals surface area contributed by atoms with Crippen LogP contribution in [0.5, 0.6) is 0 Å². The van der Waals surface area contributed by atoms with Crippen molar-refractivity contribution in [1.29, 1.82) is 0 Å². The summed E-state index contributed by atoms with van der Waals surface area (Å²) >= 11 is 0. The molecule has 0 saturated heterocycles. The van der Waals surface area contributed by atoms with Gasteiger partial charge in [-0.05, 0) is 24.3 Å². The number of carboxylic acid groups (broad SMARTS) is 1. The Morgan fingerprint density at radius 1 is 0.864 bits per heavy atom. The van der Waals surface area contributed by atoms with Gasteiger partial charge in [-0.25, -0.2) is 8.42 Å². The van der Waals surface area contributed by atoms with Crippen LogP contribution in [0.15, 0.2) is 59.5 Å². The van der Waals surface area contributed by atoms with Gasteiger partial charge in [-0.2, -0.15) is 0 Å². The fourth-order valence-corrected chi connectivity index (χ4v) is 2.84. The maximum atomic E-state index is 12.1. The van der Waals surface area contributed by atoms with E-state index in [-0.39, 0.29) is 40.2 Å². The van der Waals surface area contributed by atoms with Crippen molar-refractivity contribution < 1.29 is 52.7 Å². The monoisotopic (exact) mass is 326 g/mol. The molecule has 0 N–H and O–H groups in total. The molecule has 0 aromatic heterocycles. The van der Waals surface area contributed by atoms with E-state index in [1.807, 2.05) is 0 Å². The molecular weight excluding hydrogens is 315 g/mol. The molecule has 2 aromatic rings. The third kappa shape index (κ3) is 4.51.